The third kappa shape index (κ3) is 1.71. The number of thioether (sulfide) groups is 1. The Hall–Kier alpha value is -0.710. The van der Waals surface area contributed by atoms with Crippen molar-refractivity contribution in [3.8, 4) is 0 Å². The summed E-state index contributed by atoms with van der Waals surface area (Å²) in [6, 6.07) is 0.142. The Kier molecular flexibility index (Phi) is 2.90. The molecule has 1 saturated heterocycles. The molecule has 0 aromatic rings. The van der Waals surface area contributed by atoms with Crippen LogP contribution in [0.3, 0.4) is 0 Å². The summed E-state index contributed by atoms with van der Waals surface area (Å²) in [5, 5.41) is 9.50. The molecule has 90 valence electrons. The summed E-state index contributed by atoms with van der Waals surface area (Å²) in [5.74, 6) is -0.206. The summed E-state index contributed by atoms with van der Waals surface area (Å²) in [4.78, 5) is 25.1. The highest BCUT2D eigenvalue weighted by Gasteiger charge is 2.59. The predicted molar refractivity (Wildman–Crippen MR) is 62.4 cm³/mol. The zero-order valence-corrected chi connectivity index (χ0v) is 10.4. The topological polar surface area (TPSA) is 57.6 Å². The first kappa shape index (κ1) is 11.8. The maximum atomic E-state index is 12.2. The molecule has 1 saturated carbocycles. The van der Waals surface area contributed by atoms with Crippen LogP contribution >= 0.6 is 11.8 Å². The number of hydrogen-bond donors (Lipinski definition) is 1. The largest absolute Gasteiger partial charge is 0.480 e. The molecule has 2 atom stereocenters. The van der Waals surface area contributed by atoms with Gasteiger partial charge in [0, 0.05) is 23.6 Å². The normalized spacial score (nSPS) is 32.2. The van der Waals surface area contributed by atoms with Gasteiger partial charge in [-0.2, -0.15) is 11.8 Å². The lowest BCUT2D eigenvalue weighted by atomic mass is 10.0. The van der Waals surface area contributed by atoms with Crippen LogP contribution in [0.1, 0.15) is 26.7 Å². The van der Waals surface area contributed by atoms with Crippen molar-refractivity contribution >= 4 is 23.6 Å². The summed E-state index contributed by atoms with van der Waals surface area (Å²) < 4.78 is 0. The Morgan fingerprint density at radius 2 is 2.00 bits per heavy atom. The molecule has 0 spiro atoms. The number of carbonyl (C=O) groups excluding carboxylic acids is 1. The molecule has 2 unspecified atom stereocenters. The van der Waals surface area contributed by atoms with Gasteiger partial charge in [-0.3, -0.25) is 9.59 Å². The number of carboxylic acids is 1. The molecule has 1 aliphatic heterocycles. The third-order valence-electron chi connectivity index (χ3n) is 3.71. The lowest BCUT2D eigenvalue weighted by Crippen LogP contribution is -2.52. The molecule has 1 N–H and O–H groups in total. The molecule has 16 heavy (non-hydrogen) atoms. The third-order valence-corrected chi connectivity index (χ3v) is 5.05. The van der Waals surface area contributed by atoms with Crippen molar-refractivity contribution in [2.24, 2.45) is 5.41 Å². The van der Waals surface area contributed by atoms with E-state index < -0.39 is 11.4 Å². The van der Waals surface area contributed by atoms with Crippen molar-refractivity contribution in [1.82, 2.24) is 4.90 Å². The van der Waals surface area contributed by atoms with E-state index in [4.69, 9.17) is 5.11 Å². The van der Waals surface area contributed by atoms with Gasteiger partial charge in [-0.1, -0.05) is 6.92 Å². The Labute approximate surface area is 99.4 Å². The number of rotatable bonds is 2. The van der Waals surface area contributed by atoms with E-state index in [2.05, 4.69) is 6.92 Å². The molecule has 0 bridgehead atoms. The van der Waals surface area contributed by atoms with Crippen LogP contribution in [0, 0.1) is 5.41 Å². The van der Waals surface area contributed by atoms with Gasteiger partial charge in [-0.25, -0.2) is 0 Å². The van der Waals surface area contributed by atoms with Gasteiger partial charge in [0.25, 0.3) is 0 Å². The van der Waals surface area contributed by atoms with Gasteiger partial charge >= 0.3 is 5.97 Å². The molecule has 0 aromatic carbocycles. The maximum Gasteiger partial charge on any atom is 0.319 e. The molecular formula is C11H17NO3S. The fraction of sp³-hybridized carbons (Fsp3) is 0.818. The van der Waals surface area contributed by atoms with Crippen LogP contribution in [0.2, 0.25) is 0 Å². The minimum absolute atomic E-state index is 0.142. The van der Waals surface area contributed by atoms with Gasteiger partial charge in [0.2, 0.25) is 5.91 Å². The standard InChI is InChI=1S/C11H17NO3S/c1-7-8(2)16-6-5-12(7)9(13)11(3-4-11)10(14)15/h7-8H,3-6H2,1-2H3,(H,14,15). The number of carboxylic acid groups (broad SMARTS) is 1. The van der Waals surface area contributed by atoms with Crippen LogP contribution < -0.4 is 0 Å². The number of hydrogen-bond acceptors (Lipinski definition) is 3. The zero-order chi connectivity index (χ0) is 11.9. The van der Waals surface area contributed by atoms with E-state index in [1.54, 1.807) is 4.90 Å². The summed E-state index contributed by atoms with van der Waals surface area (Å²) in [5.41, 5.74) is -1.07. The molecular weight excluding hydrogens is 226 g/mol. The summed E-state index contributed by atoms with van der Waals surface area (Å²) in [6.07, 6.45) is 1.01. The van der Waals surface area contributed by atoms with Crippen molar-refractivity contribution in [3.63, 3.8) is 0 Å². The van der Waals surface area contributed by atoms with Crippen molar-refractivity contribution in [1.29, 1.82) is 0 Å². The van der Waals surface area contributed by atoms with Crippen LogP contribution in [-0.4, -0.2) is 45.5 Å². The summed E-state index contributed by atoms with van der Waals surface area (Å²) in [7, 11) is 0. The van der Waals surface area contributed by atoms with Gasteiger partial charge in [-0.05, 0) is 19.8 Å². The molecule has 0 radical (unpaired) electrons. The van der Waals surface area contributed by atoms with Crippen molar-refractivity contribution in [2.75, 3.05) is 12.3 Å². The molecule has 1 amide bonds. The average molecular weight is 243 g/mol. The van der Waals surface area contributed by atoms with Crippen LogP contribution in [0.4, 0.5) is 0 Å². The molecule has 0 aromatic heterocycles. The van der Waals surface area contributed by atoms with Crippen molar-refractivity contribution < 1.29 is 14.7 Å². The van der Waals surface area contributed by atoms with Gasteiger partial charge in [0.05, 0.1) is 0 Å². The lowest BCUT2D eigenvalue weighted by Gasteiger charge is -2.38. The fourth-order valence-corrected chi connectivity index (χ4v) is 3.24. The lowest BCUT2D eigenvalue weighted by molar-refractivity contribution is -0.154. The van der Waals surface area contributed by atoms with Crippen molar-refractivity contribution in [2.45, 2.75) is 38.0 Å². The van der Waals surface area contributed by atoms with Gasteiger partial charge in [-0.15, -0.1) is 0 Å². The van der Waals surface area contributed by atoms with Crippen LogP contribution in [0.5, 0.6) is 0 Å². The van der Waals surface area contributed by atoms with E-state index in [-0.39, 0.29) is 11.9 Å². The highest BCUT2D eigenvalue weighted by atomic mass is 32.2. The average Bonchev–Trinajstić information content (AvgIpc) is 3.02. The van der Waals surface area contributed by atoms with Gasteiger partial charge in [0.1, 0.15) is 5.41 Å². The number of carbonyl (C=O) groups is 2. The SMILES string of the molecule is CC1SCCN(C(=O)C2(C(=O)O)CC2)C1C. The van der Waals surface area contributed by atoms with E-state index in [0.717, 1.165) is 5.75 Å². The first-order chi connectivity index (χ1) is 7.49. The Morgan fingerprint density at radius 1 is 1.38 bits per heavy atom. The predicted octanol–water partition coefficient (Wildman–Crippen LogP) is 1.20. The number of aliphatic carboxylic acids is 1. The van der Waals surface area contributed by atoms with Crippen molar-refractivity contribution in [3.05, 3.63) is 0 Å². The second-order valence-corrected chi connectivity index (χ2v) is 6.19. The van der Waals surface area contributed by atoms with E-state index >= 15 is 0 Å². The minimum atomic E-state index is -1.07. The van der Waals surface area contributed by atoms with Gasteiger partial charge in [0.15, 0.2) is 0 Å². The van der Waals surface area contributed by atoms with E-state index in [1.165, 1.54) is 0 Å². The molecule has 2 aliphatic rings. The zero-order valence-electron chi connectivity index (χ0n) is 9.60. The first-order valence-corrected chi connectivity index (χ1v) is 6.70. The highest BCUT2D eigenvalue weighted by Crippen LogP contribution is 2.48. The second kappa shape index (κ2) is 3.95. The second-order valence-electron chi connectivity index (χ2n) is 4.70. The Morgan fingerprint density at radius 3 is 2.50 bits per heavy atom. The van der Waals surface area contributed by atoms with Crippen LogP contribution in [-0.2, 0) is 9.59 Å². The molecule has 1 heterocycles. The quantitative estimate of drug-likeness (QED) is 0.740. The molecule has 2 rings (SSSR count). The van der Waals surface area contributed by atoms with Gasteiger partial charge < -0.3 is 10.0 Å². The van der Waals surface area contributed by atoms with Crippen LogP contribution in [0.25, 0.3) is 0 Å². The molecule has 5 heteroatoms. The highest BCUT2D eigenvalue weighted by molar-refractivity contribution is 8.00. The number of amides is 1. The maximum absolute atomic E-state index is 12.2. The van der Waals surface area contributed by atoms with E-state index in [0.29, 0.717) is 24.6 Å². The molecule has 4 nitrogen and oxygen atoms in total. The number of nitrogens with zero attached hydrogens (tertiary/aromatic N) is 1. The molecule has 2 fully saturated rings. The van der Waals surface area contributed by atoms with E-state index in [9.17, 15) is 9.59 Å². The smallest absolute Gasteiger partial charge is 0.319 e. The monoisotopic (exact) mass is 243 g/mol. The first-order valence-electron chi connectivity index (χ1n) is 5.65. The van der Waals surface area contributed by atoms with E-state index in [1.807, 2.05) is 18.7 Å². The summed E-state index contributed by atoms with van der Waals surface area (Å²) in [6.45, 7) is 4.78. The summed E-state index contributed by atoms with van der Waals surface area (Å²) >= 11 is 1.85. The minimum Gasteiger partial charge on any atom is -0.480 e. The fourth-order valence-electron chi connectivity index (χ4n) is 2.14. The Balaban J connectivity index is 2.13. The Bertz CT molecular complexity index is 327. The molecule has 1 aliphatic carbocycles. The van der Waals surface area contributed by atoms with Crippen LogP contribution in [0.15, 0.2) is 0 Å².